The second-order valence-corrected chi connectivity index (χ2v) is 4.49. The number of hydrogen-bond donors (Lipinski definition) is 0. The molecule has 0 spiro atoms. The van der Waals surface area contributed by atoms with E-state index in [2.05, 4.69) is 62.9 Å². The Labute approximate surface area is 117 Å². The zero-order chi connectivity index (χ0) is 13.0. The average Bonchev–Trinajstić information content (AvgIpc) is 2.55. The lowest BCUT2D eigenvalue weighted by atomic mass is 9.92. The Morgan fingerprint density at radius 2 is 1.74 bits per heavy atom. The van der Waals surface area contributed by atoms with Crippen LogP contribution in [0.2, 0.25) is 0 Å². The summed E-state index contributed by atoms with van der Waals surface area (Å²) in [4.78, 5) is 0. The van der Waals surface area contributed by atoms with Crippen molar-refractivity contribution in [3.8, 4) is 0 Å². The van der Waals surface area contributed by atoms with E-state index in [1.807, 2.05) is 6.08 Å². The van der Waals surface area contributed by atoms with Gasteiger partial charge in [-0.2, -0.15) is 0 Å². The molecule has 0 fully saturated rings. The van der Waals surface area contributed by atoms with Crippen molar-refractivity contribution in [1.82, 2.24) is 0 Å². The predicted octanol–water partition coefficient (Wildman–Crippen LogP) is 5.73. The monoisotopic (exact) mass is 252 g/mol. The van der Waals surface area contributed by atoms with E-state index in [-0.39, 0.29) is 7.43 Å². The first kappa shape index (κ1) is 15.2. The zero-order valence-corrected chi connectivity index (χ0v) is 11.2. The third kappa shape index (κ3) is 2.96. The van der Waals surface area contributed by atoms with E-state index in [4.69, 9.17) is 0 Å². The van der Waals surface area contributed by atoms with Crippen molar-refractivity contribution in [2.45, 2.75) is 34.1 Å². The third-order valence-corrected chi connectivity index (χ3v) is 3.53. The van der Waals surface area contributed by atoms with Gasteiger partial charge in [0.05, 0.1) is 0 Å². The Balaban J connectivity index is 0.00000180. The number of allylic oxidation sites excluding steroid dienone is 7. The molecule has 0 radical (unpaired) electrons. The van der Waals surface area contributed by atoms with Crippen LogP contribution in [0, 0.1) is 0 Å². The van der Waals surface area contributed by atoms with Crippen molar-refractivity contribution in [1.29, 1.82) is 0 Å². The quantitative estimate of drug-likeness (QED) is 0.560. The van der Waals surface area contributed by atoms with Crippen molar-refractivity contribution in [2.24, 2.45) is 0 Å². The predicted molar refractivity (Wildman–Crippen MR) is 87.2 cm³/mol. The first-order valence-electron chi connectivity index (χ1n) is 6.55. The highest BCUT2D eigenvalue weighted by atomic mass is 14.2. The molecule has 0 saturated heterocycles. The van der Waals surface area contributed by atoms with Gasteiger partial charge in [-0.1, -0.05) is 62.6 Å². The van der Waals surface area contributed by atoms with Crippen LogP contribution in [0.3, 0.4) is 0 Å². The fourth-order valence-electron chi connectivity index (χ4n) is 2.65. The van der Waals surface area contributed by atoms with Crippen molar-refractivity contribution in [2.75, 3.05) is 0 Å². The molecule has 1 aliphatic carbocycles. The maximum absolute atomic E-state index is 3.85. The number of benzene rings is 1. The van der Waals surface area contributed by atoms with Crippen LogP contribution in [0.4, 0.5) is 0 Å². The molecule has 0 aromatic heterocycles. The number of hydrogen-bond acceptors (Lipinski definition) is 0. The molecule has 0 atom stereocenters. The minimum absolute atomic E-state index is 0. The van der Waals surface area contributed by atoms with Gasteiger partial charge in [0, 0.05) is 0 Å². The maximum Gasteiger partial charge on any atom is -0.0149 e. The molecule has 1 aliphatic rings. The summed E-state index contributed by atoms with van der Waals surface area (Å²) in [5, 5.41) is 0. The van der Waals surface area contributed by atoms with E-state index in [9.17, 15) is 0 Å². The molecule has 2 rings (SSSR count). The third-order valence-electron chi connectivity index (χ3n) is 3.53. The van der Waals surface area contributed by atoms with Crippen molar-refractivity contribution < 1.29 is 0 Å². The van der Waals surface area contributed by atoms with Crippen LogP contribution < -0.4 is 0 Å². The van der Waals surface area contributed by atoms with Crippen LogP contribution in [0.5, 0.6) is 0 Å². The summed E-state index contributed by atoms with van der Waals surface area (Å²) in [7, 11) is 0. The van der Waals surface area contributed by atoms with E-state index < -0.39 is 0 Å². The standard InChI is InChI=1S/C18H20.CH4/c1-4-9-17-14(5-2)12-13-15-10-7-8-11-18(15)16(17)6-3;/h4-11H,1,12-13H2,2-3H3;1H4/b14-5-,16-6+,17-9+;. The summed E-state index contributed by atoms with van der Waals surface area (Å²) >= 11 is 0. The molecule has 0 unspecified atom stereocenters. The molecule has 100 valence electrons. The second-order valence-electron chi connectivity index (χ2n) is 4.49. The van der Waals surface area contributed by atoms with Gasteiger partial charge in [0.1, 0.15) is 0 Å². The number of aryl methyl sites for hydroxylation is 1. The molecule has 19 heavy (non-hydrogen) atoms. The highest BCUT2D eigenvalue weighted by molar-refractivity contribution is 5.86. The summed E-state index contributed by atoms with van der Waals surface area (Å²) in [6.07, 6.45) is 10.7. The van der Waals surface area contributed by atoms with Crippen LogP contribution in [0.25, 0.3) is 5.57 Å². The van der Waals surface area contributed by atoms with Crippen LogP contribution in [-0.2, 0) is 6.42 Å². The first-order valence-corrected chi connectivity index (χ1v) is 6.55. The van der Waals surface area contributed by atoms with Gasteiger partial charge in [0.2, 0.25) is 0 Å². The Kier molecular flexibility index (Phi) is 5.57. The zero-order valence-electron chi connectivity index (χ0n) is 11.2. The minimum atomic E-state index is 0. The molecule has 0 saturated carbocycles. The van der Waals surface area contributed by atoms with E-state index in [1.54, 1.807) is 0 Å². The molecule has 1 aromatic carbocycles. The molecule has 1 aromatic rings. The van der Waals surface area contributed by atoms with Crippen molar-refractivity contribution >= 4 is 5.57 Å². The topological polar surface area (TPSA) is 0 Å². The molecule has 0 heteroatoms. The lowest BCUT2D eigenvalue weighted by Gasteiger charge is -2.12. The van der Waals surface area contributed by atoms with Gasteiger partial charge in [0.15, 0.2) is 0 Å². The maximum atomic E-state index is 3.85. The van der Waals surface area contributed by atoms with Gasteiger partial charge in [-0.25, -0.2) is 0 Å². The molecular weight excluding hydrogens is 228 g/mol. The summed E-state index contributed by atoms with van der Waals surface area (Å²) in [6.45, 7) is 8.08. The lowest BCUT2D eigenvalue weighted by Crippen LogP contribution is -1.92. The van der Waals surface area contributed by atoms with E-state index >= 15 is 0 Å². The van der Waals surface area contributed by atoms with Crippen LogP contribution in [0.1, 0.15) is 38.8 Å². The van der Waals surface area contributed by atoms with E-state index in [0.717, 1.165) is 12.8 Å². The van der Waals surface area contributed by atoms with Crippen LogP contribution >= 0.6 is 0 Å². The first-order chi connectivity index (χ1) is 8.81. The molecular formula is C19H24. The molecule has 0 N–H and O–H groups in total. The molecule has 0 bridgehead atoms. The minimum Gasteiger partial charge on any atom is -0.0990 e. The normalized spacial score (nSPS) is 20.8. The highest BCUT2D eigenvalue weighted by Crippen LogP contribution is 2.36. The van der Waals surface area contributed by atoms with Gasteiger partial charge < -0.3 is 0 Å². The fraction of sp³-hybridized carbons (Fsp3) is 0.263. The summed E-state index contributed by atoms with van der Waals surface area (Å²) in [6, 6.07) is 8.71. The Morgan fingerprint density at radius 1 is 1.00 bits per heavy atom. The average molecular weight is 252 g/mol. The van der Waals surface area contributed by atoms with Gasteiger partial charge in [-0.05, 0) is 54.5 Å². The van der Waals surface area contributed by atoms with Crippen molar-refractivity contribution in [3.63, 3.8) is 0 Å². The molecule has 0 aliphatic heterocycles. The smallest absolute Gasteiger partial charge is 0.0149 e. The Bertz CT molecular complexity index is 539. The number of rotatable bonds is 1. The largest absolute Gasteiger partial charge is 0.0990 e. The second kappa shape index (κ2) is 6.94. The highest BCUT2D eigenvalue weighted by Gasteiger charge is 2.18. The molecule has 0 nitrogen and oxygen atoms in total. The van der Waals surface area contributed by atoms with Gasteiger partial charge in [-0.15, -0.1) is 0 Å². The van der Waals surface area contributed by atoms with Gasteiger partial charge in [0.25, 0.3) is 0 Å². The number of fused-ring (bicyclic) bond motifs is 1. The summed E-state index contributed by atoms with van der Waals surface area (Å²) < 4.78 is 0. The Morgan fingerprint density at radius 3 is 2.37 bits per heavy atom. The SMILES string of the molecule is C.C=C/C=C1C(=C/C)\CCc2ccccc2C\1=C\C. The van der Waals surface area contributed by atoms with Gasteiger partial charge >= 0.3 is 0 Å². The summed E-state index contributed by atoms with van der Waals surface area (Å²) in [5.41, 5.74) is 6.87. The van der Waals surface area contributed by atoms with Crippen molar-refractivity contribution in [3.05, 3.63) is 77.4 Å². The van der Waals surface area contributed by atoms with E-state index in [0.29, 0.717) is 0 Å². The van der Waals surface area contributed by atoms with Crippen LogP contribution in [-0.4, -0.2) is 0 Å². The fourth-order valence-corrected chi connectivity index (χ4v) is 2.65. The molecule has 0 heterocycles. The van der Waals surface area contributed by atoms with Crippen LogP contribution in [0.15, 0.2) is 66.3 Å². The summed E-state index contributed by atoms with van der Waals surface area (Å²) in [5.74, 6) is 0. The Hall–Kier alpha value is -1.82. The van der Waals surface area contributed by atoms with Gasteiger partial charge in [-0.3, -0.25) is 0 Å². The van der Waals surface area contributed by atoms with E-state index in [1.165, 1.54) is 27.8 Å². The molecule has 0 amide bonds. The lowest BCUT2D eigenvalue weighted by molar-refractivity contribution is 0.965.